The summed E-state index contributed by atoms with van der Waals surface area (Å²) in [7, 11) is 1.79. The van der Waals surface area contributed by atoms with Gasteiger partial charge in [-0.05, 0) is 25.0 Å². The molecule has 2 aromatic heterocycles. The molecule has 118 valence electrons. The lowest BCUT2D eigenvalue weighted by molar-refractivity contribution is -0.122. The summed E-state index contributed by atoms with van der Waals surface area (Å²) in [6.07, 6.45) is 1.10. The second-order valence-electron chi connectivity index (χ2n) is 5.48. The van der Waals surface area contributed by atoms with E-state index in [4.69, 9.17) is 0 Å². The van der Waals surface area contributed by atoms with E-state index in [0.717, 1.165) is 24.2 Å². The summed E-state index contributed by atoms with van der Waals surface area (Å²) >= 11 is 0. The molecular formula is C14H17F2N5O. The Bertz CT molecular complexity index is 675. The van der Waals surface area contributed by atoms with Gasteiger partial charge >= 0.3 is 0 Å². The standard InChI is InChI=1S/C14H17F2N5O/c1-20-5-4-10(18-20)7-17-13(22)8-21-12(9-2-3-9)6-11(19-21)14(15)16/h4-6,9,14H,2-3,7-8H2,1H3,(H,17,22). The molecule has 1 aliphatic rings. The van der Waals surface area contributed by atoms with Crippen molar-refractivity contribution in [3.8, 4) is 0 Å². The molecule has 1 N–H and O–H groups in total. The number of rotatable bonds is 6. The molecule has 0 unspecified atom stereocenters. The van der Waals surface area contributed by atoms with Gasteiger partial charge in [-0.2, -0.15) is 10.2 Å². The molecule has 2 aromatic rings. The smallest absolute Gasteiger partial charge is 0.282 e. The molecule has 0 atom stereocenters. The van der Waals surface area contributed by atoms with E-state index in [1.165, 1.54) is 10.7 Å². The van der Waals surface area contributed by atoms with Crippen molar-refractivity contribution in [2.24, 2.45) is 7.05 Å². The molecule has 0 radical (unpaired) electrons. The zero-order valence-electron chi connectivity index (χ0n) is 12.2. The number of carbonyl (C=O) groups excluding carboxylic acids is 1. The molecule has 8 heteroatoms. The van der Waals surface area contributed by atoms with Crippen molar-refractivity contribution in [3.05, 3.63) is 35.4 Å². The van der Waals surface area contributed by atoms with Gasteiger partial charge in [0, 0.05) is 24.9 Å². The third-order valence-electron chi connectivity index (χ3n) is 3.58. The number of amides is 1. The molecule has 1 fully saturated rings. The zero-order valence-corrected chi connectivity index (χ0v) is 12.2. The molecule has 1 amide bonds. The van der Waals surface area contributed by atoms with Crippen molar-refractivity contribution in [2.75, 3.05) is 0 Å². The quantitative estimate of drug-likeness (QED) is 0.884. The summed E-state index contributed by atoms with van der Waals surface area (Å²) in [5.74, 6) is -0.0138. The normalized spacial score (nSPS) is 14.5. The fourth-order valence-corrected chi connectivity index (χ4v) is 2.33. The molecule has 0 bridgehead atoms. The van der Waals surface area contributed by atoms with Gasteiger partial charge in [-0.1, -0.05) is 0 Å². The predicted molar refractivity (Wildman–Crippen MR) is 74.2 cm³/mol. The van der Waals surface area contributed by atoms with Gasteiger partial charge in [-0.15, -0.1) is 0 Å². The van der Waals surface area contributed by atoms with Crippen LogP contribution >= 0.6 is 0 Å². The summed E-state index contributed by atoms with van der Waals surface area (Å²) < 4.78 is 28.6. The Hall–Kier alpha value is -2.25. The third-order valence-corrected chi connectivity index (χ3v) is 3.58. The number of carbonyl (C=O) groups is 1. The van der Waals surface area contributed by atoms with E-state index in [1.807, 2.05) is 0 Å². The van der Waals surface area contributed by atoms with Crippen LogP contribution < -0.4 is 5.32 Å². The summed E-state index contributed by atoms with van der Waals surface area (Å²) in [6, 6.07) is 3.22. The first-order valence-electron chi connectivity index (χ1n) is 7.14. The number of aryl methyl sites for hydroxylation is 1. The van der Waals surface area contributed by atoms with E-state index in [2.05, 4.69) is 15.5 Å². The van der Waals surface area contributed by atoms with Crippen LogP contribution in [-0.2, 0) is 24.9 Å². The number of halogens is 2. The Kier molecular flexibility index (Phi) is 3.91. The Morgan fingerprint density at radius 1 is 1.45 bits per heavy atom. The van der Waals surface area contributed by atoms with E-state index in [9.17, 15) is 13.6 Å². The van der Waals surface area contributed by atoms with Crippen LogP contribution in [0.4, 0.5) is 8.78 Å². The molecule has 6 nitrogen and oxygen atoms in total. The highest BCUT2D eigenvalue weighted by Crippen LogP contribution is 2.41. The second-order valence-corrected chi connectivity index (χ2v) is 5.48. The van der Waals surface area contributed by atoms with Gasteiger partial charge in [-0.3, -0.25) is 14.2 Å². The van der Waals surface area contributed by atoms with Crippen molar-refractivity contribution in [3.63, 3.8) is 0 Å². The van der Waals surface area contributed by atoms with Crippen LogP contribution in [0.15, 0.2) is 18.3 Å². The highest BCUT2D eigenvalue weighted by molar-refractivity contribution is 5.75. The van der Waals surface area contributed by atoms with Crippen LogP contribution in [0.3, 0.4) is 0 Å². The van der Waals surface area contributed by atoms with Crippen LogP contribution in [0.5, 0.6) is 0 Å². The van der Waals surface area contributed by atoms with Crippen LogP contribution in [0.2, 0.25) is 0 Å². The van der Waals surface area contributed by atoms with Gasteiger partial charge < -0.3 is 5.32 Å². The lowest BCUT2D eigenvalue weighted by atomic mass is 10.2. The van der Waals surface area contributed by atoms with E-state index in [1.54, 1.807) is 24.0 Å². The van der Waals surface area contributed by atoms with Gasteiger partial charge in [0.1, 0.15) is 12.2 Å². The van der Waals surface area contributed by atoms with Gasteiger partial charge in [0.05, 0.1) is 12.2 Å². The summed E-state index contributed by atoms with van der Waals surface area (Å²) in [4.78, 5) is 12.0. The average molecular weight is 309 g/mol. The monoisotopic (exact) mass is 309 g/mol. The fraction of sp³-hybridized carbons (Fsp3) is 0.500. The SMILES string of the molecule is Cn1ccc(CNC(=O)Cn2nc(C(F)F)cc2C2CC2)n1. The Labute approximate surface area is 126 Å². The van der Waals surface area contributed by atoms with Crippen LogP contribution in [0.25, 0.3) is 0 Å². The maximum Gasteiger partial charge on any atom is 0.282 e. The van der Waals surface area contributed by atoms with Crippen LogP contribution in [0, 0.1) is 0 Å². The Balaban J connectivity index is 1.63. The molecular weight excluding hydrogens is 292 g/mol. The van der Waals surface area contributed by atoms with E-state index >= 15 is 0 Å². The molecule has 1 aliphatic carbocycles. The lowest BCUT2D eigenvalue weighted by Crippen LogP contribution is -2.28. The summed E-state index contributed by atoms with van der Waals surface area (Å²) in [6.45, 7) is 0.257. The predicted octanol–water partition coefficient (Wildman–Crippen LogP) is 1.75. The van der Waals surface area contributed by atoms with Gasteiger partial charge in [0.2, 0.25) is 5.91 Å². The summed E-state index contributed by atoms with van der Waals surface area (Å²) in [5.41, 5.74) is 1.20. The highest BCUT2D eigenvalue weighted by atomic mass is 19.3. The Morgan fingerprint density at radius 3 is 2.82 bits per heavy atom. The van der Waals surface area contributed by atoms with Gasteiger partial charge in [-0.25, -0.2) is 8.78 Å². The van der Waals surface area contributed by atoms with Crippen LogP contribution in [0.1, 0.15) is 42.3 Å². The molecule has 2 heterocycles. The largest absolute Gasteiger partial charge is 0.349 e. The zero-order chi connectivity index (χ0) is 15.7. The molecule has 0 saturated heterocycles. The summed E-state index contributed by atoms with van der Waals surface area (Å²) in [5, 5.41) is 10.7. The first-order chi connectivity index (χ1) is 10.5. The Morgan fingerprint density at radius 2 is 2.23 bits per heavy atom. The number of nitrogens with zero attached hydrogens (tertiary/aromatic N) is 4. The fourth-order valence-electron chi connectivity index (χ4n) is 2.33. The highest BCUT2D eigenvalue weighted by Gasteiger charge is 2.30. The van der Waals surface area contributed by atoms with Crippen LogP contribution in [-0.4, -0.2) is 25.5 Å². The molecule has 1 saturated carbocycles. The van der Waals surface area contributed by atoms with Crippen molar-refractivity contribution in [1.29, 1.82) is 0 Å². The number of alkyl halides is 2. The lowest BCUT2D eigenvalue weighted by Gasteiger charge is -2.07. The van der Waals surface area contributed by atoms with E-state index in [-0.39, 0.29) is 24.1 Å². The molecule has 3 rings (SSSR count). The maximum absolute atomic E-state index is 12.8. The molecule has 0 aromatic carbocycles. The topological polar surface area (TPSA) is 64.7 Å². The number of hydrogen-bond acceptors (Lipinski definition) is 3. The average Bonchev–Trinajstić information content (AvgIpc) is 3.09. The second kappa shape index (κ2) is 5.86. The minimum absolute atomic E-state index is 0.0502. The first-order valence-corrected chi connectivity index (χ1v) is 7.14. The van der Waals surface area contributed by atoms with E-state index < -0.39 is 6.43 Å². The third kappa shape index (κ3) is 3.32. The molecule has 0 aliphatic heterocycles. The van der Waals surface area contributed by atoms with Crippen molar-refractivity contribution >= 4 is 5.91 Å². The number of aromatic nitrogens is 4. The minimum atomic E-state index is -2.62. The molecule has 0 spiro atoms. The maximum atomic E-state index is 12.8. The van der Waals surface area contributed by atoms with Crippen molar-refractivity contribution < 1.29 is 13.6 Å². The number of hydrogen-bond donors (Lipinski definition) is 1. The minimum Gasteiger partial charge on any atom is -0.349 e. The van der Waals surface area contributed by atoms with E-state index in [0.29, 0.717) is 6.54 Å². The number of nitrogens with one attached hydrogen (secondary N) is 1. The van der Waals surface area contributed by atoms with Crippen molar-refractivity contribution in [2.45, 2.75) is 38.3 Å². The van der Waals surface area contributed by atoms with Crippen molar-refractivity contribution in [1.82, 2.24) is 24.9 Å². The van der Waals surface area contributed by atoms with Gasteiger partial charge in [0.15, 0.2) is 0 Å². The first kappa shape index (κ1) is 14.7. The molecule has 22 heavy (non-hydrogen) atoms. The van der Waals surface area contributed by atoms with Gasteiger partial charge in [0.25, 0.3) is 6.43 Å².